The van der Waals surface area contributed by atoms with Crippen LogP contribution in [-0.4, -0.2) is 4.98 Å². The van der Waals surface area contributed by atoms with Gasteiger partial charge >= 0.3 is 0 Å². The Hall–Kier alpha value is -1.87. The summed E-state index contributed by atoms with van der Waals surface area (Å²) in [5.74, 6) is 0. The van der Waals surface area contributed by atoms with E-state index in [1.54, 1.807) is 23.9 Å². The molecule has 3 aromatic rings. The summed E-state index contributed by atoms with van der Waals surface area (Å²) in [6.07, 6.45) is 3.40. The number of furan rings is 1. The lowest BCUT2D eigenvalue weighted by molar-refractivity contribution is 0.568. The van der Waals surface area contributed by atoms with Crippen molar-refractivity contribution in [2.24, 2.45) is 0 Å². The van der Waals surface area contributed by atoms with Gasteiger partial charge in [0.2, 0.25) is 0 Å². The highest BCUT2D eigenvalue weighted by Gasteiger charge is 2.08. The van der Waals surface area contributed by atoms with E-state index in [4.69, 9.17) is 4.42 Å². The van der Waals surface area contributed by atoms with E-state index < -0.39 is 0 Å². The average Bonchev–Trinajstić information content (AvgIpc) is 3.01. The van der Waals surface area contributed by atoms with Crippen LogP contribution in [0.15, 0.2) is 46.6 Å². The van der Waals surface area contributed by atoms with Crippen molar-refractivity contribution in [1.29, 1.82) is 0 Å². The maximum absolute atomic E-state index is 5.09. The first-order valence-corrected chi connectivity index (χ1v) is 6.68. The second-order valence-electron chi connectivity index (χ2n) is 4.35. The van der Waals surface area contributed by atoms with Gasteiger partial charge in [-0.1, -0.05) is 12.1 Å². The van der Waals surface area contributed by atoms with Crippen molar-refractivity contribution >= 4 is 11.3 Å². The molecule has 2 aromatic heterocycles. The minimum Gasteiger partial charge on any atom is -0.472 e. The van der Waals surface area contributed by atoms with E-state index in [2.05, 4.69) is 42.4 Å². The minimum absolute atomic E-state index is 0.997. The molecule has 0 aliphatic carbocycles. The Morgan fingerprint density at radius 3 is 2.67 bits per heavy atom. The molecule has 0 unspecified atom stereocenters. The van der Waals surface area contributed by atoms with Crippen molar-refractivity contribution < 1.29 is 4.42 Å². The Morgan fingerprint density at radius 2 is 1.94 bits per heavy atom. The van der Waals surface area contributed by atoms with Gasteiger partial charge in [-0.15, -0.1) is 11.3 Å². The van der Waals surface area contributed by atoms with Crippen LogP contribution in [0.3, 0.4) is 0 Å². The van der Waals surface area contributed by atoms with Crippen molar-refractivity contribution in [3.8, 4) is 21.8 Å². The fourth-order valence-electron chi connectivity index (χ4n) is 1.83. The van der Waals surface area contributed by atoms with Crippen LogP contribution < -0.4 is 0 Å². The zero-order valence-electron chi connectivity index (χ0n) is 10.3. The number of aromatic nitrogens is 1. The molecule has 0 atom stereocenters. The molecule has 0 fully saturated rings. The molecule has 18 heavy (non-hydrogen) atoms. The topological polar surface area (TPSA) is 26.0 Å². The van der Waals surface area contributed by atoms with Gasteiger partial charge in [-0.25, -0.2) is 4.98 Å². The highest BCUT2D eigenvalue weighted by atomic mass is 32.1. The van der Waals surface area contributed by atoms with Gasteiger partial charge in [0.25, 0.3) is 0 Å². The third kappa shape index (κ3) is 1.97. The predicted molar refractivity (Wildman–Crippen MR) is 74.7 cm³/mol. The van der Waals surface area contributed by atoms with E-state index in [-0.39, 0.29) is 0 Å². The van der Waals surface area contributed by atoms with E-state index in [1.807, 2.05) is 6.07 Å². The van der Waals surface area contributed by atoms with Crippen LogP contribution in [0.5, 0.6) is 0 Å². The maximum atomic E-state index is 5.09. The molecular formula is C15H13NOS. The molecule has 0 radical (unpaired) electrons. The number of nitrogens with zero attached hydrogens (tertiary/aromatic N) is 1. The van der Waals surface area contributed by atoms with Crippen LogP contribution >= 0.6 is 11.3 Å². The SMILES string of the molecule is Cc1ccc(-c2csc(-c3ccoc3)n2)cc1C. The van der Waals surface area contributed by atoms with Crippen LogP contribution in [-0.2, 0) is 0 Å². The van der Waals surface area contributed by atoms with E-state index in [1.165, 1.54) is 16.7 Å². The van der Waals surface area contributed by atoms with Gasteiger partial charge < -0.3 is 4.42 Å². The Labute approximate surface area is 110 Å². The number of rotatable bonds is 2. The highest BCUT2D eigenvalue weighted by molar-refractivity contribution is 7.13. The number of aryl methyl sites for hydroxylation is 2. The Morgan fingerprint density at radius 1 is 1.06 bits per heavy atom. The van der Waals surface area contributed by atoms with Crippen molar-refractivity contribution in [3.63, 3.8) is 0 Å². The molecule has 0 aliphatic rings. The Balaban J connectivity index is 2.00. The van der Waals surface area contributed by atoms with E-state index >= 15 is 0 Å². The Bertz CT molecular complexity index is 668. The maximum Gasteiger partial charge on any atom is 0.127 e. The molecule has 3 rings (SSSR count). The second-order valence-corrected chi connectivity index (χ2v) is 5.21. The first kappa shape index (κ1) is 11.2. The molecule has 0 saturated heterocycles. The van der Waals surface area contributed by atoms with Gasteiger partial charge in [0.05, 0.1) is 12.0 Å². The first-order chi connectivity index (χ1) is 8.74. The number of benzene rings is 1. The van der Waals surface area contributed by atoms with E-state index in [0.717, 1.165) is 16.3 Å². The van der Waals surface area contributed by atoms with Crippen molar-refractivity contribution in [2.45, 2.75) is 13.8 Å². The minimum atomic E-state index is 0.997. The molecule has 0 bridgehead atoms. The van der Waals surface area contributed by atoms with Crippen LogP contribution in [0, 0.1) is 13.8 Å². The van der Waals surface area contributed by atoms with Gasteiger partial charge in [0.15, 0.2) is 0 Å². The normalized spacial score (nSPS) is 10.8. The lowest BCUT2D eigenvalue weighted by Gasteiger charge is -2.02. The van der Waals surface area contributed by atoms with Crippen LogP contribution in [0.2, 0.25) is 0 Å². The summed E-state index contributed by atoms with van der Waals surface area (Å²) in [6, 6.07) is 8.38. The summed E-state index contributed by atoms with van der Waals surface area (Å²) in [5.41, 5.74) is 5.84. The van der Waals surface area contributed by atoms with Crippen molar-refractivity contribution in [2.75, 3.05) is 0 Å². The lowest BCUT2D eigenvalue weighted by Crippen LogP contribution is -1.83. The van der Waals surface area contributed by atoms with E-state index in [0.29, 0.717) is 0 Å². The summed E-state index contributed by atoms with van der Waals surface area (Å²) in [5, 5.41) is 3.09. The molecular weight excluding hydrogens is 242 g/mol. The summed E-state index contributed by atoms with van der Waals surface area (Å²) in [4.78, 5) is 4.65. The predicted octanol–water partition coefficient (Wildman–Crippen LogP) is 4.69. The Kier molecular flexibility index (Phi) is 2.76. The van der Waals surface area contributed by atoms with Crippen LogP contribution in [0.1, 0.15) is 11.1 Å². The van der Waals surface area contributed by atoms with Crippen LogP contribution in [0.25, 0.3) is 21.8 Å². The lowest BCUT2D eigenvalue weighted by atomic mass is 10.1. The molecule has 2 heterocycles. The van der Waals surface area contributed by atoms with Gasteiger partial charge in [-0.3, -0.25) is 0 Å². The summed E-state index contributed by atoms with van der Waals surface area (Å²) in [7, 11) is 0. The monoisotopic (exact) mass is 255 g/mol. The average molecular weight is 255 g/mol. The molecule has 90 valence electrons. The fourth-order valence-corrected chi connectivity index (χ4v) is 2.64. The van der Waals surface area contributed by atoms with Gasteiger partial charge in [-0.2, -0.15) is 0 Å². The van der Waals surface area contributed by atoms with Gasteiger partial charge in [-0.05, 0) is 37.1 Å². The molecule has 0 amide bonds. The van der Waals surface area contributed by atoms with Crippen molar-refractivity contribution in [1.82, 2.24) is 4.98 Å². The molecule has 0 N–H and O–H groups in total. The van der Waals surface area contributed by atoms with Crippen molar-refractivity contribution in [3.05, 3.63) is 53.3 Å². The quantitative estimate of drug-likeness (QED) is 0.664. The first-order valence-electron chi connectivity index (χ1n) is 5.80. The molecule has 3 heteroatoms. The molecule has 2 nitrogen and oxygen atoms in total. The van der Waals surface area contributed by atoms with Crippen LogP contribution in [0.4, 0.5) is 0 Å². The number of hydrogen-bond acceptors (Lipinski definition) is 3. The molecule has 1 aromatic carbocycles. The fraction of sp³-hybridized carbons (Fsp3) is 0.133. The largest absolute Gasteiger partial charge is 0.472 e. The zero-order chi connectivity index (χ0) is 12.5. The summed E-state index contributed by atoms with van der Waals surface area (Å²) < 4.78 is 5.09. The third-order valence-corrected chi connectivity index (χ3v) is 3.97. The second kappa shape index (κ2) is 4.42. The van der Waals surface area contributed by atoms with Gasteiger partial charge in [0.1, 0.15) is 11.3 Å². The number of hydrogen-bond donors (Lipinski definition) is 0. The number of thiazole rings is 1. The van der Waals surface area contributed by atoms with Gasteiger partial charge in [0, 0.05) is 16.5 Å². The standard InChI is InChI=1S/C15H13NOS/c1-10-3-4-12(7-11(10)2)14-9-18-15(16-14)13-5-6-17-8-13/h3-9H,1-2H3. The third-order valence-electron chi connectivity index (χ3n) is 3.07. The molecule has 0 aliphatic heterocycles. The zero-order valence-corrected chi connectivity index (χ0v) is 11.1. The van der Waals surface area contributed by atoms with E-state index in [9.17, 15) is 0 Å². The molecule has 0 saturated carbocycles. The smallest absolute Gasteiger partial charge is 0.127 e. The summed E-state index contributed by atoms with van der Waals surface area (Å²) in [6.45, 7) is 4.25. The summed E-state index contributed by atoms with van der Waals surface area (Å²) >= 11 is 1.64. The molecule has 0 spiro atoms. The highest BCUT2D eigenvalue weighted by Crippen LogP contribution is 2.29.